The number of H-pyrrole nitrogens is 1. The lowest BCUT2D eigenvalue weighted by molar-refractivity contribution is 0.235. The van der Waals surface area contributed by atoms with Crippen LogP contribution < -0.4 is 5.56 Å². The van der Waals surface area contributed by atoms with Crippen LogP contribution in [-0.2, 0) is 26.6 Å². The minimum absolute atomic E-state index is 0.0285. The van der Waals surface area contributed by atoms with Gasteiger partial charge in [0.05, 0.1) is 11.4 Å². The number of halogens is 2. The molecule has 6 nitrogen and oxygen atoms in total. The van der Waals surface area contributed by atoms with Crippen molar-refractivity contribution in [1.82, 2.24) is 19.7 Å². The second-order valence-corrected chi connectivity index (χ2v) is 6.16. The first-order chi connectivity index (χ1) is 12.0. The molecule has 1 aliphatic rings. The molecule has 0 amide bonds. The fourth-order valence-electron chi connectivity index (χ4n) is 3.15. The molecule has 2 aromatic heterocycles. The fraction of sp³-hybridized carbons (Fsp3) is 0.294. The van der Waals surface area contributed by atoms with E-state index in [1.807, 2.05) is 7.05 Å². The molecule has 1 N–H and O–H groups in total. The Labute approximate surface area is 141 Å². The topological polar surface area (TPSA) is 67.1 Å². The quantitative estimate of drug-likeness (QED) is 0.790. The lowest BCUT2D eigenvalue weighted by Crippen LogP contribution is -2.32. The van der Waals surface area contributed by atoms with Gasteiger partial charge < -0.3 is 4.42 Å². The van der Waals surface area contributed by atoms with E-state index in [1.54, 1.807) is 4.68 Å². The SMILES string of the molecule is Cn1[nH]c(=O)c2c1CN(Cc1coc(-c3ccc(F)c(F)c3)n1)CC2. The molecule has 1 aliphatic heterocycles. The Kier molecular flexibility index (Phi) is 3.76. The minimum Gasteiger partial charge on any atom is -0.444 e. The summed E-state index contributed by atoms with van der Waals surface area (Å²) >= 11 is 0. The van der Waals surface area contributed by atoms with Gasteiger partial charge in [0.1, 0.15) is 6.26 Å². The van der Waals surface area contributed by atoms with Gasteiger partial charge in [-0.25, -0.2) is 13.8 Å². The van der Waals surface area contributed by atoms with E-state index in [2.05, 4.69) is 15.0 Å². The first-order valence-corrected chi connectivity index (χ1v) is 7.90. The molecule has 8 heteroatoms. The summed E-state index contributed by atoms with van der Waals surface area (Å²) in [6, 6.07) is 3.54. The summed E-state index contributed by atoms with van der Waals surface area (Å²) in [5.41, 5.74) is 2.86. The minimum atomic E-state index is -0.936. The van der Waals surface area contributed by atoms with Gasteiger partial charge in [-0.1, -0.05) is 0 Å². The van der Waals surface area contributed by atoms with Gasteiger partial charge in [-0.2, -0.15) is 0 Å². The Balaban J connectivity index is 1.51. The molecule has 0 saturated heterocycles. The van der Waals surface area contributed by atoms with Gasteiger partial charge in [-0.15, -0.1) is 0 Å². The fourth-order valence-corrected chi connectivity index (χ4v) is 3.15. The van der Waals surface area contributed by atoms with Crippen LogP contribution in [0.15, 0.2) is 33.7 Å². The molecule has 4 rings (SSSR count). The van der Waals surface area contributed by atoms with Crippen molar-refractivity contribution in [2.24, 2.45) is 7.05 Å². The maximum absolute atomic E-state index is 13.3. The maximum atomic E-state index is 13.3. The third-order valence-corrected chi connectivity index (χ3v) is 4.45. The molecule has 0 fully saturated rings. The monoisotopic (exact) mass is 346 g/mol. The van der Waals surface area contributed by atoms with E-state index in [-0.39, 0.29) is 11.4 Å². The Morgan fingerprint density at radius 1 is 1.32 bits per heavy atom. The highest BCUT2D eigenvalue weighted by Gasteiger charge is 2.23. The third-order valence-electron chi connectivity index (χ3n) is 4.45. The molecule has 25 heavy (non-hydrogen) atoms. The Hall–Kier alpha value is -2.74. The predicted molar refractivity (Wildman–Crippen MR) is 85.7 cm³/mol. The number of nitrogens with one attached hydrogen (secondary N) is 1. The molecule has 0 bridgehead atoms. The molecule has 1 aromatic carbocycles. The van der Waals surface area contributed by atoms with Crippen LogP contribution in [0.2, 0.25) is 0 Å². The van der Waals surface area contributed by atoms with Crippen molar-refractivity contribution in [3.8, 4) is 11.5 Å². The summed E-state index contributed by atoms with van der Waals surface area (Å²) in [4.78, 5) is 18.3. The summed E-state index contributed by atoms with van der Waals surface area (Å²) in [5.74, 6) is -1.59. The summed E-state index contributed by atoms with van der Waals surface area (Å²) in [6.07, 6.45) is 2.20. The average Bonchev–Trinajstić information content (AvgIpc) is 3.15. The summed E-state index contributed by atoms with van der Waals surface area (Å²) in [7, 11) is 1.82. The highest BCUT2D eigenvalue weighted by molar-refractivity contribution is 5.53. The highest BCUT2D eigenvalue weighted by atomic mass is 19.2. The first kappa shape index (κ1) is 15.8. The van der Waals surface area contributed by atoms with Gasteiger partial charge >= 0.3 is 0 Å². The number of hydrogen-bond donors (Lipinski definition) is 1. The number of aromatic amines is 1. The van der Waals surface area contributed by atoms with E-state index in [1.165, 1.54) is 12.3 Å². The van der Waals surface area contributed by atoms with Crippen molar-refractivity contribution in [1.29, 1.82) is 0 Å². The van der Waals surface area contributed by atoms with Crippen molar-refractivity contribution < 1.29 is 13.2 Å². The molecule has 0 saturated carbocycles. The lowest BCUT2D eigenvalue weighted by atomic mass is 10.1. The molecule has 0 unspecified atom stereocenters. The molecule has 0 spiro atoms. The Bertz CT molecular complexity index is 989. The zero-order valence-electron chi connectivity index (χ0n) is 13.6. The number of rotatable bonds is 3. The van der Waals surface area contributed by atoms with Crippen LogP contribution in [0.3, 0.4) is 0 Å². The lowest BCUT2D eigenvalue weighted by Gasteiger charge is -2.25. The van der Waals surface area contributed by atoms with E-state index >= 15 is 0 Å². The Morgan fingerprint density at radius 2 is 2.16 bits per heavy atom. The normalized spacial score (nSPS) is 14.7. The van der Waals surface area contributed by atoms with Crippen LogP contribution in [0.4, 0.5) is 8.78 Å². The van der Waals surface area contributed by atoms with Crippen LogP contribution in [0.1, 0.15) is 17.0 Å². The van der Waals surface area contributed by atoms with Crippen LogP contribution in [0, 0.1) is 11.6 Å². The average molecular weight is 346 g/mol. The number of aromatic nitrogens is 3. The third kappa shape index (κ3) is 2.89. The van der Waals surface area contributed by atoms with Crippen LogP contribution >= 0.6 is 0 Å². The van der Waals surface area contributed by atoms with Crippen molar-refractivity contribution in [2.45, 2.75) is 19.5 Å². The van der Waals surface area contributed by atoms with E-state index < -0.39 is 11.6 Å². The highest BCUT2D eigenvalue weighted by Crippen LogP contribution is 2.23. The molecular formula is C17H16F2N4O2. The van der Waals surface area contributed by atoms with Gasteiger partial charge in [0, 0.05) is 37.8 Å². The predicted octanol–water partition coefficient (Wildman–Crippen LogP) is 2.20. The number of nitrogens with zero attached hydrogens (tertiary/aromatic N) is 3. The van der Waals surface area contributed by atoms with Gasteiger partial charge in [-0.3, -0.25) is 19.5 Å². The number of fused-ring (bicyclic) bond motifs is 1. The zero-order valence-corrected chi connectivity index (χ0v) is 13.6. The van der Waals surface area contributed by atoms with Crippen molar-refractivity contribution in [3.63, 3.8) is 0 Å². The van der Waals surface area contributed by atoms with E-state index in [0.29, 0.717) is 30.8 Å². The first-order valence-electron chi connectivity index (χ1n) is 7.90. The zero-order chi connectivity index (χ0) is 17.6. The van der Waals surface area contributed by atoms with E-state index in [0.717, 1.165) is 29.9 Å². The molecule has 0 aliphatic carbocycles. The van der Waals surface area contributed by atoms with Crippen molar-refractivity contribution >= 4 is 0 Å². The van der Waals surface area contributed by atoms with Crippen LogP contribution in [0.25, 0.3) is 11.5 Å². The van der Waals surface area contributed by atoms with Gasteiger partial charge in [0.25, 0.3) is 5.56 Å². The largest absolute Gasteiger partial charge is 0.444 e. The number of benzene rings is 1. The number of hydrogen-bond acceptors (Lipinski definition) is 4. The van der Waals surface area contributed by atoms with Gasteiger partial charge in [0.2, 0.25) is 5.89 Å². The second kappa shape index (κ2) is 5.96. The van der Waals surface area contributed by atoms with E-state index in [9.17, 15) is 13.6 Å². The number of oxazole rings is 1. The summed E-state index contributed by atoms with van der Waals surface area (Å²) in [5, 5.41) is 2.77. The second-order valence-electron chi connectivity index (χ2n) is 6.16. The van der Waals surface area contributed by atoms with E-state index in [4.69, 9.17) is 4.42 Å². The molecule has 130 valence electrons. The molecule has 3 aromatic rings. The van der Waals surface area contributed by atoms with Gasteiger partial charge in [-0.05, 0) is 24.6 Å². The summed E-state index contributed by atoms with van der Waals surface area (Å²) < 4.78 is 33.5. The van der Waals surface area contributed by atoms with Crippen molar-refractivity contribution in [2.75, 3.05) is 6.54 Å². The standard InChI is InChI=1S/C17H16F2N4O2/c1-22-15-8-23(5-4-12(15)16(24)21-22)7-11-9-25-17(20-11)10-2-3-13(18)14(19)6-10/h2-3,6,9H,4-5,7-8H2,1H3,(H,21,24). The summed E-state index contributed by atoms with van der Waals surface area (Å²) in [6.45, 7) is 1.93. The number of aryl methyl sites for hydroxylation is 1. The molecular weight excluding hydrogens is 330 g/mol. The van der Waals surface area contributed by atoms with Crippen LogP contribution in [0.5, 0.6) is 0 Å². The molecule has 0 atom stereocenters. The van der Waals surface area contributed by atoms with Crippen LogP contribution in [-0.4, -0.2) is 26.2 Å². The maximum Gasteiger partial charge on any atom is 0.267 e. The van der Waals surface area contributed by atoms with Crippen molar-refractivity contribution in [3.05, 3.63) is 63.4 Å². The Morgan fingerprint density at radius 3 is 2.96 bits per heavy atom. The smallest absolute Gasteiger partial charge is 0.267 e. The molecule has 3 heterocycles. The van der Waals surface area contributed by atoms with Gasteiger partial charge in [0.15, 0.2) is 11.6 Å². The molecule has 0 radical (unpaired) electrons.